The van der Waals surface area contributed by atoms with Crippen LogP contribution in [0.5, 0.6) is 21.6 Å². The third-order valence-corrected chi connectivity index (χ3v) is 6.88. The molecule has 0 saturated carbocycles. The Bertz CT molecular complexity index is 1340. The Kier molecular flexibility index (Phi) is 5.01. The van der Waals surface area contributed by atoms with Crippen molar-refractivity contribution in [2.24, 2.45) is 0 Å². The van der Waals surface area contributed by atoms with E-state index in [4.69, 9.17) is 9.47 Å². The summed E-state index contributed by atoms with van der Waals surface area (Å²) >= 11 is 3.01. The molecule has 0 bridgehead atoms. The van der Waals surface area contributed by atoms with Gasteiger partial charge in [0, 0.05) is 0 Å². The standard InChI is InChI=1S/C26H16N2O4S2/c29-25-21-22(24(28-25)16-7-11-18(12-8-16)32-20-4-2-14-34-20)26(30)27-23(21)15-5-9-17(10-6-15)31-19-3-1-13-33-19/h1-14H,(H,27,30)(H,28,29). The molecule has 0 fully saturated rings. The van der Waals surface area contributed by atoms with Gasteiger partial charge in [-0.3, -0.25) is 9.59 Å². The molecule has 34 heavy (non-hydrogen) atoms. The maximum absolute atomic E-state index is 12.9. The van der Waals surface area contributed by atoms with Gasteiger partial charge in [-0.2, -0.15) is 0 Å². The fourth-order valence-corrected chi connectivity index (χ4v) is 5.05. The van der Waals surface area contributed by atoms with Gasteiger partial charge >= 0.3 is 0 Å². The van der Waals surface area contributed by atoms with Gasteiger partial charge in [-0.1, -0.05) is 0 Å². The summed E-state index contributed by atoms with van der Waals surface area (Å²) in [5.41, 5.74) is 3.15. The lowest BCUT2D eigenvalue weighted by molar-refractivity contribution is -0.117. The largest absolute Gasteiger partial charge is 0.447 e. The fraction of sp³-hybridized carbons (Fsp3) is 0. The van der Waals surface area contributed by atoms with E-state index < -0.39 is 0 Å². The van der Waals surface area contributed by atoms with E-state index in [1.165, 1.54) is 22.7 Å². The second-order valence-corrected chi connectivity index (χ2v) is 9.35. The molecule has 2 N–H and O–H groups in total. The van der Waals surface area contributed by atoms with Crippen LogP contribution in [0.2, 0.25) is 0 Å². The van der Waals surface area contributed by atoms with E-state index in [0.29, 0.717) is 34.0 Å². The number of benzene rings is 2. The Morgan fingerprint density at radius 1 is 0.559 bits per heavy atom. The minimum Gasteiger partial charge on any atom is -0.447 e. The van der Waals surface area contributed by atoms with Crippen LogP contribution in [-0.2, 0) is 9.59 Å². The summed E-state index contributed by atoms with van der Waals surface area (Å²) in [4.78, 5) is 25.8. The Hall–Kier alpha value is -4.14. The predicted molar refractivity (Wildman–Crippen MR) is 132 cm³/mol. The smallest absolute Gasteiger partial charge is 0.258 e. The highest BCUT2D eigenvalue weighted by molar-refractivity contribution is 7.12. The molecule has 0 spiro atoms. The third kappa shape index (κ3) is 3.68. The van der Waals surface area contributed by atoms with E-state index in [1.54, 1.807) is 0 Å². The molecule has 0 unspecified atom stereocenters. The molecule has 6 nitrogen and oxygen atoms in total. The van der Waals surface area contributed by atoms with Crippen molar-refractivity contribution in [3.05, 3.63) is 106 Å². The summed E-state index contributed by atoms with van der Waals surface area (Å²) in [5.74, 6) is 0.740. The zero-order valence-electron chi connectivity index (χ0n) is 17.5. The molecule has 4 heterocycles. The molecule has 2 amide bonds. The van der Waals surface area contributed by atoms with Crippen LogP contribution in [0, 0.1) is 0 Å². The van der Waals surface area contributed by atoms with Crippen LogP contribution in [-0.4, -0.2) is 11.8 Å². The second kappa shape index (κ2) is 8.33. The first kappa shape index (κ1) is 20.5. The van der Waals surface area contributed by atoms with Crippen LogP contribution in [0.25, 0.3) is 11.4 Å². The molecule has 2 aromatic carbocycles. The van der Waals surface area contributed by atoms with Crippen LogP contribution in [0.1, 0.15) is 11.1 Å². The van der Waals surface area contributed by atoms with Gasteiger partial charge in [-0.15, -0.1) is 22.7 Å². The first-order valence-electron chi connectivity index (χ1n) is 10.4. The molecule has 0 saturated heterocycles. The van der Waals surface area contributed by atoms with Crippen molar-refractivity contribution in [2.45, 2.75) is 0 Å². The summed E-state index contributed by atoms with van der Waals surface area (Å²) in [7, 11) is 0. The molecule has 2 aliphatic heterocycles. The molecule has 166 valence electrons. The Morgan fingerprint density at radius 2 is 0.971 bits per heavy atom. The topological polar surface area (TPSA) is 76.7 Å². The van der Waals surface area contributed by atoms with E-state index in [9.17, 15) is 9.59 Å². The lowest BCUT2D eigenvalue weighted by Crippen LogP contribution is -2.21. The molecule has 4 aromatic rings. The SMILES string of the molecule is O=C1NC(c2ccc(Oc3cccs3)cc2)=C2C(=O)NC(c3ccc(Oc4cccs4)cc3)=C12. The molecule has 0 radical (unpaired) electrons. The van der Waals surface area contributed by atoms with E-state index in [1.807, 2.05) is 83.6 Å². The number of fused-ring (bicyclic) bond motifs is 1. The molecule has 8 heteroatoms. The van der Waals surface area contributed by atoms with Gasteiger partial charge in [0.25, 0.3) is 11.8 Å². The highest BCUT2D eigenvalue weighted by Crippen LogP contribution is 2.38. The summed E-state index contributed by atoms with van der Waals surface area (Å²) in [6, 6.07) is 22.2. The molecular weight excluding hydrogens is 468 g/mol. The van der Waals surface area contributed by atoms with E-state index in [0.717, 1.165) is 21.3 Å². The average Bonchev–Trinajstić information content (AvgIpc) is 3.64. The van der Waals surface area contributed by atoms with Gasteiger partial charge in [0.05, 0.1) is 22.5 Å². The van der Waals surface area contributed by atoms with Crippen LogP contribution in [0.4, 0.5) is 0 Å². The maximum Gasteiger partial charge on any atom is 0.258 e. The third-order valence-electron chi connectivity index (χ3n) is 5.39. The number of nitrogens with one attached hydrogen (secondary N) is 2. The van der Waals surface area contributed by atoms with Gasteiger partial charge in [-0.05, 0) is 94.7 Å². The number of hydrogen-bond acceptors (Lipinski definition) is 6. The minimum absolute atomic E-state index is 0.309. The minimum atomic E-state index is -0.309. The first-order valence-corrected chi connectivity index (χ1v) is 12.2. The zero-order chi connectivity index (χ0) is 23.1. The number of thiophene rings is 2. The summed E-state index contributed by atoms with van der Waals surface area (Å²) < 4.78 is 11.6. The van der Waals surface area contributed by atoms with E-state index >= 15 is 0 Å². The van der Waals surface area contributed by atoms with Crippen molar-refractivity contribution in [3.63, 3.8) is 0 Å². The molecule has 2 aliphatic rings. The zero-order valence-corrected chi connectivity index (χ0v) is 19.2. The summed E-state index contributed by atoms with van der Waals surface area (Å²) in [5, 5.41) is 11.2. The number of hydrogen-bond donors (Lipinski definition) is 2. The number of rotatable bonds is 6. The van der Waals surface area contributed by atoms with Gasteiger partial charge in [0.1, 0.15) is 11.5 Å². The number of amides is 2. The summed E-state index contributed by atoms with van der Waals surface area (Å²) in [6.07, 6.45) is 0. The fourth-order valence-electron chi connectivity index (χ4n) is 3.87. The maximum atomic E-state index is 12.9. The van der Waals surface area contributed by atoms with Crippen LogP contribution in [0.3, 0.4) is 0 Å². The molecule has 6 rings (SSSR count). The predicted octanol–water partition coefficient (Wildman–Crippen LogP) is 5.78. The normalized spacial score (nSPS) is 14.8. The van der Waals surface area contributed by atoms with E-state index in [-0.39, 0.29) is 11.8 Å². The number of ether oxygens (including phenoxy) is 2. The van der Waals surface area contributed by atoms with Crippen molar-refractivity contribution in [3.8, 4) is 21.6 Å². The molecular formula is C26H16N2O4S2. The number of carbonyl (C=O) groups is 2. The molecule has 2 aromatic heterocycles. The van der Waals surface area contributed by atoms with Crippen LogP contribution in [0.15, 0.2) is 94.7 Å². The Labute approximate surface area is 202 Å². The van der Waals surface area contributed by atoms with Crippen molar-refractivity contribution >= 4 is 45.9 Å². The monoisotopic (exact) mass is 484 g/mol. The van der Waals surface area contributed by atoms with Crippen molar-refractivity contribution < 1.29 is 19.1 Å². The van der Waals surface area contributed by atoms with Gasteiger partial charge in [-0.25, -0.2) is 0 Å². The van der Waals surface area contributed by atoms with Gasteiger partial charge in [0.15, 0.2) is 10.1 Å². The average molecular weight is 485 g/mol. The van der Waals surface area contributed by atoms with Crippen LogP contribution >= 0.6 is 22.7 Å². The Balaban J connectivity index is 1.30. The quantitative estimate of drug-likeness (QED) is 0.364. The first-order chi connectivity index (χ1) is 16.7. The highest BCUT2D eigenvalue weighted by atomic mass is 32.1. The van der Waals surface area contributed by atoms with Gasteiger partial charge in [0.2, 0.25) is 0 Å². The van der Waals surface area contributed by atoms with Crippen molar-refractivity contribution in [1.82, 2.24) is 10.6 Å². The highest BCUT2D eigenvalue weighted by Gasteiger charge is 2.40. The lowest BCUT2D eigenvalue weighted by atomic mass is 10.0. The Morgan fingerprint density at radius 3 is 1.32 bits per heavy atom. The lowest BCUT2D eigenvalue weighted by Gasteiger charge is -2.09. The van der Waals surface area contributed by atoms with E-state index in [2.05, 4.69) is 10.6 Å². The summed E-state index contributed by atoms with van der Waals surface area (Å²) in [6.45, 7) is 0. The van der Waals surface area contributed by atoms with Crippen molar-refractivity contribution in [2.75, 3.05) is 0 Å². The van der Waals surface area contributed by atoms with Crippen LogP contribution < -0.4 is 20.1 Å². The van der Waals surface area contributed by atoms with Crippen molar-refractivity contribution in [1.29, 1.82) is 0 Å². The number of carbonyl (C=O) groups excluding carboxylic acids is 2. The second-order valence-electron chi connectivity index (χ2n) is 7.53. The molecule has 0 aliphatic carbocycles. The molecule has 0 atom stereocenters. The van der Waals surface area contributed by atoms with Gasteiger partial charge < -0.3 is 20.1 Å².